The van der Waals surface area contributed by atoms with Gasteiger partial charge in [0, 0.05) is 6.54 Å². The summed E-state index contributed by atoms with van der Waals surface area (Å²) in [6, 6.07) is 7.40. The minimum Gasteiger partial charge on any atom is -0.481 e. The van der Waals surface area contributed by atoms with Gasteiger partial charge in [-0.25, -0.2) is 0 Å². The second kappa shape index (κ2) is 9.84. The molecule has 1 amide bonds. The minimum atomic E-state index is -4.56. The van der Waals surface area contributed by atoms with E-state index in [1.807, 2.05) is 0 Å². The first kappa shape index (κ1) is 24.6. The number of hydrogen-bond donors (Lipinski definition) is 1. The zero-order chi connectivity index (χ0) is 24.3. The topological polar surface area (TPSA) is 86.6 Å². The van der Waals surface area contributed by atoms with E-state index in [1.165, 1.54) is 24.7 Å². The van der Waals surface area contributed by atoms with E-state index in [0.717, 1.165) is 29.5 Å². The van der Waals surface area contributed by atoms with E-state index in [9.17, 15) is 27.6 Å². The number of hydrogen-bond acceptors (Lipinski definition) is 6. The van der Waals surface area contributed by atoms with E-state index < -0.39 is 34.6 Å². The highest BCUT2D eigenvalue weighted by atomic mass is 35.5. The third-order valence-corrected chi connectivity index (χ3v) is 5.81. The normalized spacial score (nSPS) is 12.4. The van der Waals surface area contributed by atoms with E-state index in [-0.39, 0.29) is 23.7 Å². The zero-order valence-corrected chi connectivity index (χ0v) is 18.9. The van der Waals surface area contributed by atoms with E-state index in [2.05, 4.69) is 10.1 Å². The molecule has 1 unspecified atom stereocenters. The summed E-state index contributed by atoms with van der Waals surface area (Å²) in [5.74, 6) is -0.590. The van der Waals surface area contributed by atoms with Crippen LogP contribution >= 0.6 is 22.9 Å². The standard InChI is InChI=1S/C21H18ClF3N2O5S/c1-11(19(29)26-8-7-18(28)31-2)32-13-4-6-16-17(10-13)33-20(30)27(16)15-5-3-12(9-14(15)22)21(23,24)25/h3-6,9-11H,7-8H2,1-2H3,(H,26,29). The molecule has 0 spiro atoms. The smallest absolute Gasteiger partial charge is 0.416 e. The van der Waals surface area contributed by atoms with E-state index >= 15 is 0 Å². The number of methoxy groups -OCH3 is 1. The van der Waals surface area contributed by atoms with Crippen LogP contribution in [0.4, 0.5) is 13.2 Å². The SMILES string of the molecule is COC(=O)CCNC(=O)C(C)Oc1ccc2c(c1)sc(=O)n2-c1ccc(C(F)(F)F)cc1Cl. The molecule has 0 saturated heterocycles. The molecular weight excluding hydrogens is 485 g/mol. The van der Waals surface area contributed by atoms with Crippen molar-refractivity contribution in [2.75, 3.05) is 13.7 Å². The van der Waals surface area contributed by atoms with Gasteiger partial charge in [0.05, 0.1) is 40.0 Å². The summed E-state index contributed by atoms with van der Waals surface area (Å²) in [5, 5.41) is 2.33. The number of esters is 1. The summed E-state index contributed by atoms with van der Waals surface area (Å²) < 4.78 is 50.6. The van der Waals surface area contributed by atoms with Crippen molar-refractivity contribution in [2.45, 2.75) is 25.6 Å². The average molecular weight is 503 g/mol. The van der Waals surface area contributed by atoms with Crippen molar-refractivity contribution >= 4 is 45.0 Å². The first-order valence-electron chi connectivity index (χ1n) is 9.55. The zero-order valence-electron chi connectivity index (χ0n) is 17.4. The molecular formula is C21H18ClF3N2O5S. The van der Waals surface area contributed by atoms with Gasteiger partial charge in [0.2, 0.25) is 0 Å². The van der Waals surface area contributed by atoms with Crippen LogP contribution in [0.1, 0.15) is 18.9 Å². The molecule has 2 aromatic carbocycles. The maximum Gasteiger partial charge on any atom is 0.416 e. The highest BCUT2D eigenvalue weighted by molar-refractivity contribution is 7.16. The molecule has 7 nitrogen and oxygen atoms in total. The molecule has 0 aliphatic heterocycles. The fourth-order valence-electron chi connectivity index (χ4n) is 2.96. The van der Waals surface area contributed by atoms with Crippen molar-refractivity contribution in [1.29, 1.82) is 0 Å². The van der Waals surface area contributed by atoms with Gasteiger partial charge in [-0.15, -0.1) is 0 Å². The number of amides is 1. The molecule has 0 saturated carbocycles. The average Bonchev–Trinajstić information content (AvgIpc) is 3.07. The Labute approximate surface area is 194 Å². The Bertz CT molecular complexity index is 1250. The molecule has 0 radical (unpaired) electrons. The first-order chi connectivity index (χ1) is 15.5. The van der Waals surface area contributed by atoms with Crippen molar-refractivity contribution in [3.8, 4) is 11.4 Å². The number of aromatic nitrogens is 1. The van der Waals surface area contributed by atoms with E-state index in [0.29, 0.717) is 16.0 Å². The van der Waals surface area contributed by atoms with Crippen LogP contribution < -0.4 is 14.9 Å². The van der Waals surface area contributed by atoms with Gasteiger partial charge < -0.3 is 14.8 Å². The second-order valence-corrected chi connectivity index (χ2v) is 8.27. The Balaban J connectivity index is 1.80. The molecule has 12 heteroatoms. The van der Waals surface area contributed by atoms with Crippen LogP contribution in [-0.4, -0.2) is 36.2 Å². The van der Waals surface area contributed by atoms with Gasteiger partial charge in [0.25, 0.3) is 5.91 Å². The summed E-state index contributed by atoms with van der Waals surface area (Å²) >= 11 is 6.91. The van der Waals surface area contributed by atoms with Gasteiger partial charge in [-0.2, -0.15) is 13.2 Å². The van der Waals surface area contributed by atoms with Crippen LogP contribution in [0.5, 0.6) is 5.75 Å². The lowest BCUT2D eigenvalue weighted by molar-refractivity contribution is -0.140. The van der Waals surface area contributed by atoms with Gasteiger partial charge in [0.1, 0.15) is 5.75 Å². The van der Waals surface area contributed by atoms with Gasteiger partial charge in [0.15, 0.2) is 6.10 Å². The number of nitrogens with one attached hydrogen (secondary N) is 1. The molecule has 33 heavy (non-hydrogen) atoms. The number of ether oxygens (including phenoxy) is 2. The van der Waals surface area contributed by atoms with Crippen LogP contribution in [0.15, 0.2) is 41.2 Å². The number of nitrogens with zero attached hydrogens (tertiary/aromatic N) is 1. The summed E-state index contributed by atoms with van der Waals surface area (Å²) in [7, 11) is 1.25. The lowest BCUT2D eigenvalue weighted by Gasteiger charge is -2.15. The van der Waals surface area contributed by atoms with Crippen molar-refractivity contribution in [3.63, 3.8) is 0 Å². The fourth-order valence-corrected chi connectivity index (χ4v) is 4.14. The predicted octanol–water partition coefficient (Wildman–Crippen LogP) is 4.17. The lowest BCUT2D eigenvalue weighted by Crippen LogP contribution is -2.37. The summed E-state index contributed by atoms with van der Waals surface area (Å²) in [6.07, 6.45) is -5.42. The number of thiazole rings is 1. The number of alkyl halides is 3. The molecule has 1 atom stereocenters. The molecule has 176 valence electrons. The Hall–Kier alpha value is -3.05. The van der Waals surface area contributed by atoms with Crippen molar-refractivity contribution in [2.24, 2.45) is 0 Å². The number of halogens is 4. The third-order valence-electron chi connectivity index (χ3n) is 4.61. The Morgan fingerprint density at radius 2 is 1.94 bits per heavy atom. The van der Waals surface area contributed by atoms with Gasteiger partial charge >= 0.3 is 17.0 Å². The summed E-state index contributed by atoms with van der Waals surface area (Å²) in [4.78, 5) is 35.4. The molecule has 1 aromatic heterocycles. The monoisotopic (exact) mass is 502 g/mol. The number of fused-ring (bicyclic) bond motifs is 1. The Kier molecular flexibility index (Phi) is 7.33. The largest absolute Gasteiger partial charge is 0.481 e. The van der Waals surface area contributed by atoms with Gasteiger partial charge in [-0.05, 0) is 43.3 Å². The van der Waals surface area contributed by atoms with Crippen molar-refractivity contribution in [1.82, 2.24) is 9.88 Å². The maximum absolute atomic E-state index is 12.9. The number of carbonyl (C=O) groups is 2. The van der Waals surface area contributed by atoms with Gasteiger partial charge in [-0.1, -0.05) is 22.9 Å². The predicted molar refractivity (Wildman–Crippen MR) is 117 cm³/mol. The van der Waals surface area contributed by atoms with Crippen LogP contribution in [0.25, 0.3) is 15.9 Å². The Morgan fingerprint density at radius 1 is 1.21 bits per heavy atom. The van der Waals surface area contributed by atoms with Gasteiger partial charge in [-0.3, -0.25) is 19.0 Å². The fraction of sp³-hybridized carbons (Fsp3) is 0.286. The molecule has 0 fully saturated rings. The van der Waals surface area contributed by atoms with Crippen LogP contribution in [0.3, 0.4) is 0 Å². The lowest BCUT2D eigenvalue weighted by atomic mass is 10.2. The van der Waals surface area contributed by atoms with E-state index in [4.69, 9.17) is 16.3 Å². The molecule has 0 aliphatic carbocycles. The summed E-state index contributed by atoms with van der Waals surface area (Å²) in [6.45, 7) is 1.61. The van der Waals surface area contributed by atoms with Crippen molar-refractivity contribution in [3.05, 3.63) is 56.7 Å². The minimum absolute atomic E-state index is 0.0227. The van der Waals surface area contributed by atoms with Crippen LogP contribution in [0, 0.1) is 0 Å². The van der Waals surface area contributed by atoms with Crippen LogP contribution in [0.2, 0.25) is 5.02 Å². The third kappa shape index (κ3) is 5.66. The molecule has 0 bridgehead atoms. The summed E-state index contributed by atoms with van der Waals surface area (Å²) in [5.41, 5.74) is -0.375. The maximum atomic E-state index is 12.9. The number of rotatable bonds is 7. The highest BCUT2D eigenvalue weighted by Gasteiger charge is 2.31. The Morgan fingerprint density at radius 3 is 2.58 bits per heavy atom. The molecule has 0 aliphatic rings. The highest BCUT2D eigenvalue weighted by Crippen LogP contribution is 2.34. The molecule has 3 rings (SSSR count). The molecule has 1 N–H and O–H groups in total. The number of carbonyl (C=O) groups excluding carboxylic acids is 2. The second-order valence-electron chi connectivity index (χ2n) is 6.87. The molecule has 3 aromatic rings. The quantitative estimate of drug-likeness (QED) is 0.490. The van der Waals surface area contributed by atoms with Crippen molar-refractivity contribution < 1.29 is 32.2 Å². The van der Waals surface area contributed by atoms with E-state index in [1.54, 1.807) is 12.1 Å². The molecule has 1 heterocycles. The van der Waals surface area contributed by atoms with Crippen LogP contribution in [-0.2, 0) is 20.5 Å². The first-order valence-corrected chi connectivity index (χ1v) is 10.7. The number of benzene rings is 2.